The lowest BCUT2D eigenvalue weighted by Crippen LogP contribution is -2.54. The van der Waals surface area contributed by atoms with Gasteiger partial charge in [-0.25, -0.2) is 8.42 Å². The number of benzene rings is 1. The van der Waals surface area contributed by atoms with Crippen LogP contribution in [0.4, 0.5) is 5.88 Å². The van der Waals surface area contributed by atoms with Crippen molar-refractivity contribution in [3.8, 4) is 0 Å². The molecule has 0 radical (unpaired) electrons. The first-order chi connectivity index (χ1) is 14.0. The first-order valence-corrected chi connectivity index (χ1v) is 11.5. The zero-order valence-electron chi connectivity index (χ0n) is 18.4. The standard InChI is InChI=1S/C21H30N4O4S/c1-13-11-14(2)17(5)20(16(13)4)30(27,28)25-9-7-24(8-10-25)18(6)21(26)22-19-12-15(3)23-29-19/h11-12,18H,7-10H2,1-6H3,(H,22,26). The first-order valence-electron chi connectivity index (χ1n) is 10.1. The van der Waals surface area contributed by atoms with Gasteiger partial charge >= 0.3 is 0 Å². The number of anilines is 1. The summed E-state index contributed by atoms with van der Waals surface area (Å²) in [5, 5.41) is 6.47. The topological polar surface area (TPSA) is 95.8 Å². The number of aryl methyl sites for hydroxylation is 3. The van der Waals surface area contributed by atoms with Crippen molar-refractivity contribution in [2.24, 2.45) is 0 Å². The molecule has 8 nitrogen and oxygen atoms in total. The van der Waals surface area contributed by atoms with Crippen molar-refractivity contribution < 1.29 is 17.7 Å². The Labute approximate surface area is 178 Å². The molecule has 1 aromatic carbocycles. The van der Waals surface area contributed by atoms with Gasteiger partial charge in [-0.2, -0.15) is 4.31 Å². The predicted molar refractivity (Wildman–Crippen MR) is 115 cm³/mol. The highest BCUT2D eigenvalue weighted by molar-refractivity contribution is 7.89. The third-order valence-corrected chi connectivity index (χ3v) is 8.14. The number of hydrogen-bond acceptors (Lipinski definition) is 6. The summed E-state index contributed by atoms with van der Waals surface area (Å²) in [4.78, 5) is 14.9. The van der Waals surface area contributed by atoms with E-state index >= 15 is 0 Å². The van der Waals surface area contributed by atoms with Gasteiger partial charge in [0.1, 0.15) is 0 Å². The Morgan fingerprint density at radius 3 is 2.10 bits per heavy atom. The Morgan fingerprint density at radius 2 is 1.60 bits per heavy atom. The van der Waals surface area contributed by atoms with Gasteiger partial charge in [0.25, 0.3) is 0 Å². The summed E-state index contributed by atoms with van der Waals surface area (Å²) in [6, 6.07) is 3.27. The predicted octanol–water partition coefficient (Wildman–Crippen LogP) is 2.55. The minimum Gasteiger partial charge on any atom is -0.338 e. The van der Waals surface area contributed by atoms with E-state index in [1.54, 1.807) is 19.9 Å². The zero-order valence-corrected chi connectivity index (χ0v) is 19.3. The number of carbonyl (C=O) groups excluding carboxylic acids is 1. The molecule has 1 aliphatic heterocycles. The summed E-state index contributed by atoms with van der Waals surface area (Å²) >= 11 is 0. The van der Waals surface area contributed by atoms with Gasteiger partial charge in [-0.15, -0.1) is 0 Å². The number of rotatable bonds is 5. The van der Waals surface area contributed by atoms with Gasteiger partial charge in [0.15, 0.2) is 0 Å². The van der Waals surface area contributed by atoms with E-state index < -0.39 is 16.1 Å². The molecule has 3 rings (SSSR count). The van der Waals surface area contributed by atoms with Crippen LogP contribution >= 0.6 is 0 Å². The number of nitrogens with zero attached hydrogens (tertiary/aromatic N) is 3. The van der Waals surface area contributed by atoms with E-state index in [-0.39, 0.29) is 5.91 Å². The molecule has 0 spiro atoms. The van der Waals surface area contributed by atoms with Crippen LogP contribution in [0.5, 0.6) is 0 Å². The molecule has 164 valence electrons. The second-order valence-corrected chi connectivity index (χ2v) is 9.90. The molecule has 9 heteroatoms. The Balaban J connectivity index is 1.70. The van der Waals surface area contributed by atoms with Gasteiger partial charge in [0.05, 0.1) is 16.6 Å². The molecular formula is C21H30N4O4S. The van der Waals surface area contributed by atoms with E-state index in [2.05, 4.69) is 10.5 Å². The molecule has 0 bridgehead atoms. The molecule has 1 unspecified atom stereocenters. The SMILES string of the molecule is Cc1cc(NC(=O)C(C)N2CCN(S(=O)(=O)c3c(C)c(C)cc(C)c3C)CC2)on1. The fourth-order valence-corrected chi connectivity index (χ4v) is 5.84. The summed E-state index contributed by atoms with van der Waals surface area (Å²) in [5.41, 5.74) is 4.24. The van der Waals surface area contributed by atoms with Gasteiger partial charge in [0.2, 0.25) is 21.8 Å². The molecule has 1 fully saturated rings. The minimum absolute atomic E-state index is 0.205. The number of amides is 1. The summed E-state index contributed by atoms with van der Waals surface area (Å²) in [7, 11) is -3.60. The number of carbonyl (C=O) groups is 1. The van der Waals surface area contributed by atoms with E-state index in [1.807, 2.05) is 38.7 Å². The van der Waals surface area contributed by atoms with Crippen molar-refractivity contribution in [3.63, 3.8) is 0 Å². The lowest BCUT2D eigenvalue weighted by molar-refractivity contribution is -0.121. The first kappa shape index (κ1) is 22.5. The highest BCUT2D eigenvalue weighted by atomic mass is 32.2. The average Bonchev–Trinajstić information content (AvgIpc) is 3.10. The van der Waals surface area contributed by atoms with Crippen LogP contribution in [0.2, 0.25) is 0 Å². The van der Waals surface area contributed by atoms with Crippen molar-refractivity contribution in [2.75, 3.05) is 31.5 Å². The van der Waals surface area contributed by atoms with Gasteiger partial charge in [-0.3, -0.25) is 15.0 Å². The van der Waals surface area contributed by atoms with Crippen molar-refractivity contribution in [1.82, 2.24) is 14.4 Å². The number of hydrogen-bond donors (Lipinski definition) is 1. The molecule has 1 N–H and O–H groups in total. The quantitative estimate of drug-likeness (QED) is 0.777. The van der Waals surface area contributed by atoms with Gasteiger partial charge in [-0.1, -0.05) is 11.2 Å². The smallest absolute Gasteiger partial charge is 0.243 e. The van der Waals surface area contributed by atoms with Crippen LogP contribution in [0.1, 0.15) is 34.9 Å². The maximum Gasteiger partial charge on any atom is 0.243 e. The molecule has 1 amide bonds. The number of piperazine rings is 1. The lowest BCUT2D eigenvalue weighted by Gasteiger charge is -2.37. The largest absolute Gasteiger partial charge is 0.338 e. The van der Waals surface area contributed by atoms with Gasteiger partial charge < -0.3 is 4.52 Å². The van der Waals surface area contributed by atoms with Crippen LogP contribution < -0.4 is 5.32 Å². The molecule has 1 aromatic heterocycles. The third-order valence-electron chi connectivity index (χ3n) is 5.97. The molecular weight excluding hydrogens is 404 g/mol. The highest BCUT2D eigenvalue weighted by Crippen LogP contribution is 2.29. The minimum atomic E-state index is -3.60. The van der Waals surface area contributed by atoms with Crippen molar-refractivity contribution in [2.45, 2.75) is 52.5 Å². The van der Waals surface area contributed by atoms with Gasteiger partial charge in [-0.05, 0) is 63.8 Å². The van der Waals surface area contributed by atoms with Crippen LogP contribution in [0.3, 0.4) is 0 Å². The average molecular weight is 435 g/mol. The molecule has 30 heavy (non-hydrogen) atoms. The van der Waals surface area contributed by atoms with E-state index in [1.165, 1.54) is 4.31 Å². The molecule has 1 atom stereocenters. The summed E-state index contributed by atoms with van der Waals surface area (Å²) in [6.07, 6.45) is 0. The molecule has 0 aliphatic carbocycles. The van der Waals surface area contributed by atoms with Crippen molar-refractivity contribution >= 4 is 21.8 Å². The Hall–Kier alpha value is -2.23. The van der Waals surface area contributed by atoms with Crippen LogP contribution in [0.15, 0.2) is 21.6 Å². The zero-order chi connectivity index (χ0) is 22.2. The van der Waals surface area contributed by atoms with Crippen LogP contribution in [-0.4, -0.2) is 60.9 Å². The summed E-state index contributed by atoms with van der Waals surface area (Å²) < 4.78 is 33.4. The molecule has 2 heterocycles. The maximum atomic E-state index is 13.4. The lowest BCUT2D eigenvalue weighted by atomic mass is 10.0. The maximum absolute atomic E-state index is 13.4. The Kier molecular flexibility index (Phi) is 6.35. The van der Waals surface area contributed by atoms with Crippen LogP contribution in [-0.2, 0) is 14.8 Å². The second kappa shape index (κ2) is 8.49. The van der Waals surface area contributed by atoms with E-state index in [4.69, 9.17) is 4.52 Å². The normalized spacial score (nSPS) is 17.1. The number of aromatic nitrogens is 1. The summed E-state index contributed by atoms with van der Waals surface area (Å²) in [5.74, 6) is 0.106. The van der Waals surface area contributed by atoms with E-state index in [0.29, 0.717) is 42.7 Å². The van der Waals surface area contributed by atoms with E-state index in [9.17, 15) is 13.2 Å². The highest BCUT2D eigenvalue weighted by Gasteiger charge is 2.34. The molecule has 0 saturated carbocycles. The third kappa shape index (κ3) is 4.28. The molecule has 1 saturated heterocycles. The molecule has 1 aliphatic rings. The Bertz CT molecular complexity index is 1030. The fourth-order valence-electron chi connectivity index (χ4n) is 3.84. The van der Waals surface area contributed by atoms with E-state index in [0.717, 1.165) is 22.3 Å². The summed E-state index contributed by atoms with van der Waals surface area (Å²) in [6.45, 7) is 12.8. The van der Waals surface area contributed by atoms with Crippen LogP contribution in [0.25, 0.3) is 0 Å². The number of sulfonamides is 1. The van der Waals surface area contributed by atoms with Crippen molar-refractivity contribution in [3.05, 3.63) is 40.1 Å². The van der Waals surface area contributed by atoms with Crippen LogP contribution in [0, 0.1) is 34.6 Å². The van der Waals surface area contributed by atoms with Crippen molar-refractivity contribution in [1.29, 1.82) is 0 Å². The van der Waals surface area contributed by atoms with Gasteiger partial charge in [0, 0.05) is 32.2 Å². The molecule has 2 aromatic rings. The monoisotopic (exact) mass is 434 g/mol. The second-order valence-electron chi connectivity index (χ2n) is 8.03. The Morgan fingerprint density at radius 1 is 1.03 bits per heavy atom. The number of nitrogens with one attached hydrogen (secondary N) is 1. The fraction of sp³-hybridized carbons (Fsp3) is 0.524.